The smallest absolute Gasteiger partial charge is 0.120 e. The van der Waals surface area contributed by atoms with Crippen LogP contribution in [0, 0.1) is 6.92 Å². The fourth-order valence-electron chi connectivity index (χ4n) is 3.70. The van der Waals surface area contributed by atoms with Gasteiger partial charge in [-0.05, 0) is 42.5 Å². The Hall–Kier alpha value is -1.76. The van der Waals surface area contributed by atoms with E-state index >= 15 is 0 Å². The van der Waals surface area contributed by atoms with Crippen LogP contribution < -0.4 is 0 Å². The van der Waals surface area contributed by atoms with Gasteiger partial charge in [0.1, 0.15) is 30.0 Å². The van der Waals surface area contributed by atoms with Crippen molar-refractivity contribution in [3.8, 4) is 0 Å². The molecule has 0 amide bonds. The van der Waals surface area contributed by atoms with Gasteiger partial charge in [-0.15, -0.1) is 0 Å². The van der Waals surface area contributed by atoms with Crippen LogP contribution in [0.15, 0.2) is 48.5 Å². The maximum absolute atomic E-state index is 10.6. The molecule has 0 spiro atoms. The van der Waals surface area contributed by atoms with Gasteiger partial charge < -0.3 is 25.2 Å². The van der Waals surface area contributed by atoms with Crippen LogP contribution in [0.1, 0.15) is 29.2 Å². The van der Waals surface area contributed by atoms with E-state index < -0.39 is 36.6 Å². The Balaban J connectivity index is 1.97. The fraction of sp³-hybridized carbons (Fsp3) is 0.429. The second kappa shape index (κ2) is 7.47. The molecular formula is C21H26O5. The predicted molar refractivity (Wildman–Crippen MR) is 97.8 cm³/mol. The number of ether oxygens (including phenoxy) is 1. The van der Waals surface area contributed by atoms with Crippen molar-refractivity contribution in [3.63, 3.8) is 0 Å². The Bertz CT molecular complexity index is 745. The van der Waals surface area contributed by atoms with Crippen molar-refractivity contribution in [2.75, 3.05) is 6.61 Å². The summed E-state index contributed by atoms with van der Waals surface area (Å²) in [5.74, 6) is 0. The van der Waals surface area contributed by atoms with E-state index in [9.17, 15) is 20.4 Å². The van der Waals surface area contributed by atoms with Gasteiger partial charge in [0.25, 0.3) is 0 Å². The lowest BCUT2D eigenvalue weighted by atomic mass is 9.79. The Kier molecular flexibility index (Phi) is 5.46. The van der Waals surface area contributed by atoms with E-state index in [1.807, 2.05) is 43.3 Å². The molecule has 1 aliphatic heterocycles. The zero-order valence-electron chi connectivity index (χ0n) is 15.0. The highest BCUT2D eigenvalue weighted by molar-refractivity contribution is 5.39. The second-order valence-corrected chi connectivity index (χ2v) is 7.18. The maximum atomic E-state index is 10.6. The molecule has 0 aromatic heterocycles. The molecule has 0 unspecified atom stereocenters. The molecule has 0 aliphatic carbocycles. The van der Waals surface area contributed by atoms with Crippen molar-refractivity contribution in [1.29, 1.82) is 0 Å². The quantitative estimate of drug-likeness (QED) is 0.661. The highest BCUT2D eigenvalue weighted by atomic mass is 16.6. The number of hydrogen-bond acceptors (Lipinski definition) is 5. The number of aliphatic hydroxyl groups is 4. The first-order valence-electron chi connectivity index (χ1n) is 8.83. The summed E-state index contributed by atoms with van der Waals surface area (Å²) in [6.45, 7) is 3.15. The molecule has 1 heterocycles. The lowest BCUT2D eigenvalue weighted by Crippen LogP contribution is -2.62. The molecule has 26 heavy (non-hydrogen) atoms. The second-order valence-electron chi connectivity index (χ2n) is 7.18. The molecule has 1 aliphatic rings. The predicted octanol–water partition coefficient (Wildman–Crippen LogP) is 1.27. The third-order valence-electron chi connectivity index (χ3n) is 5.28. The molecule has 5 nitrogen and oxygen atoms in total. The standard InChI is InChI=1S/C21H26O5/c1-13-8-9-15(10-14-6-4-3-5-7-14)11-16(13)21(2)20(25)19(24)18(23)17(12-22)26-21/h3-9,11,17-20,22-25H,10,12H2,1-2H3/t17-,18-,19+,20-,21+/m1/s1. The largest absolute Gasteiger partial charge is 0.394 e. The van der Waals surface area contributed by atoms with Crippen LogP contribution in [-0.2, 0) is 16.8 Å². The van der Waals surface area contributed by atoms with Crippen LogP contribution >= 0.6 is 0 Å². The Morgan fingerprint density at radius 2 is 1.65 bits per heavy atom. The summed E-state index contributed by atoms with van der Waals surface area (Å²) in [6, 6.07) is 16.0. The van der Waals surface area contributed by atoms with Gasteiger partial charge in [0, 0.05) is 0 Å². The van der Waals surface area contributed by atoms with E-state index in [-0.39, 0.29) is 0 Å². The van der Waals surface area contributed by atoms with Gasteiger partial charge in [0.2, 0.25) is 0 Å². The van der Waals surface area contributed by atoms with E-state index in [2.05, 4.69) is 12.1 Å². The van der Waals surface area contributed by atoms with Crippen molar-refractivity contribution >= 4 is 0 Å². The van der Waals surface area contributed by atoms with E-state index in [0.717, 1.165) is 23.1 Å². The molecule has 5 atom stereocenters. The zero-order chi connectivity index (χ0) is 18.9. The summed E-state index contributed by atoms with van der Waals surface area (Å²) in [5, 5.41) is 40.4. The number of benzene rings is 2. The topological polar surface area (TPSA) is 90.2 Å². The lowest BCUT2D eigenvalue weighted by Gasteiger charge is -2.47. The van der Waals surface area contributed by atoms with Crippen molar-refractivity contribution < 1.29 is 25.2 Å². The van der Waals surface area contributed by atoms with Gasteiger partial charge in [0.15, 0.2) is 0 Å². The lowest BCUT2D eigenvalue weighted by molar-refractivity contribution is -0.273. The number of aryl methyl sites for hydroxylation is 1. The summed E-state index contributed by atoms with van der Waals surface area (Å²) in [4.78, 5) is 0. The van der Waals surface area contributed by atoms with Crippen molar-refractivity contribution in [2.24, 2.45) is 0 Å². The number of rotatable bonds is 4. The number of hydrogen-bond donors (Lipinski definition) is 4. The van der Waals surface area contributed by atoms with Crippen molar-refractivity contribution in [2.45, 2.75) is 50.3 Å². The minimum Gasteiger partial charge on any atom is -0.394 e. The van der Waals surface area contributed by atoms with Gasteiger partial charge in [0.05, 0.1) is 6.61 Å². The van der Waals surface area contributed by atoms with Gasteiger partial charge in [-0.1, -0.05) is 48.5 Å². The molecule has 0 bridgehead atoms. The maximum Gasteiger partial charge on any atom is 0.120 e. The average Bonchev–Trinajstić information content (AvgIpc) is 2.65. The van der Waals surface area contributed by atoms with Crippen LogP contribution in [-0.4, -0.2) is 51.4 Å². The van der Waals surface area contributed by atoms with Crippen LogP contribution in [0.4, 0.5) is 0 Å². The summed E-state index contributed by atoms with van der Waals surface area (Å²) in [6.07, 6.45) is -4.28. The SMILES string of the molecule is Cc1ccc(Cc2ccccc2)cc1[C@]1(C)O[C@H](CO)[C@@H](O)[C@H](O)[C@H]1O. The normalized spacial score (nSPS) is 31.8. The molecular weight excluding hydrogens is 332 g/mol. The first-order chi connectivity index (χ1) is 12.4. The van der Waals surface area contributed by atoms with Gasteiger partial charge in [-0.2, -0.15) is 0 Å². The van der Waals surface area contributed by atoms with Gasteiger partial charge >= 0.3 is 0 Å². The summed E-state index contributed by atoms with van der Waals surface area (Å²) in [7, 11) is 0. The molecule has 5 heteroatoms. The summed E-state index contributed by atoms with van der Waals surface area (Å²) >= 11 is 0. The minimum absolute atomic E-state index is 0.441. The molecule has 2 aromatic rings. The van der Waals surface area contributed by atoms with Gasteiger partial charge in [-0.25, -0.2) is 0 Å². The average molecular weight is 358 g/mol. The van der Waals surface area contributed by atoms with Crippen LogP contribution in [0.2, 0.25) is 0 Å². The summed E-state index contributed by atoms with van der Waals surface area (Å²) < 4.78 is 5.88. The third-order valence-corrected chi connectivity index (χ3v) is 5.28. The van der Waals surface area contributed by atoms with Crippen LogP contribution in [0.5, 0.6) is 0 Å². The first kappa shape index (κ1) is 19.0. The Labute approximate surface area is 153 Å². The number of aliphatic hydroxyl groups excluding tert-OH is 4. The van der Waals surface area contributed by atoms with Crippen LogP contribution in [0.3, 0.4) is 0 Å². The van der Waals surface area contributed by atoms with E-state index in [4.69, 9.17) is 4.74 Å². The highest BCUT2D eigenvalue weighted by Crippen LogP contribution is 2.40. The minimum atomic E-state index is -1.40. The third kappa shape index (κ3) is 3.41. The van der Waals surface area contributed by atoms with Gasteiger partial charge in [-0.3, -0.25) is 0 Å². The highest BCUT2D eigenvalue weighted by Gasteiger charge is 2.51. The molecule has 140 valence electrons. The van der Waals surface area contributed by atoms with Crippen LogP contribution in [0.25, 0.3) is 0 Å². The molecule has 2 aromatic carbocycles. The molecule has 3 rings (SSSR count). The fourth-order valence-corrected chi connectivity index (χ4v) is 3.70. The molecule has 4 N–H and O–H groups in total. The Morgan fingerprint density at radius 3 is 2.31 bits per heavy atom. The molecule has 1 saturated heterocycles. The molecule has 0 radical (unpaired) electrons. The zero-order valence-corrected chi connectivity index (χ0v) is 15.0. The Morgan fingerprint density at radius 1 is 0.962 bits per heavy atom. The van der Waals surface area contributed by atoms with Crippen molar-refractivity contribution in [3.05, 3.63) is 70.8 Å². The van der Waals surface area contributed by atoms with E-state index in [1.165, 1.54) is 5.56 Å². The molecule has 1 fully saturated rings. The van der Waals surface area contributed by atoms with Crippen molar-refractivity contribution in [1.82, 2.24) is 0 Å². The molecule has 0 saturated carbocycles. The van der Waals surface area contributed by atoms with E-state index in [1.54, 1.807) is 6.92 Å². The first-order valence-corrected chi connectivity index (χ1v) is 8.83. The summed E-state index contributed by atoms with van der Waals surface area (Å²) in [5.41, 5.74) is 2.63. The monoisotopic (exact) mass is 358 g/mol. The van der Waals surface area contributed by atoms with E-state index in [0.29, 0.717) is 0 Å².